The van der Waals surface area contributed by atoms with Gasteiger partial charge in [-0.1, -0.05) is 6.07 Å². The molecule has 124 valence electrons. The molecule has 2 unspecified atom stereocenters. The van der Waals surface area contributed by atoms with Gasteiger partial charge in [0.05, 0.1) is 25.0 Å². The van der Waals surface area contributed by atoms with E-state index in [1.807, 2.05) is 24.4 Å². The molecule has 2 atom stereocenters. The van der Waals surface area contributed by atoms with E-state index in [0.717, 1.165) is 17.1 Å². The quantitative estimate of drug-likeness (QED) is 0.879. The molecular formula is C17H22N2O3S. The van der Waals surface area contributed by atoms with E-state index in [1.54, 1.807) is 23.5 Å². The van der Waals surface area contributed by atoms with Crippen molar-refractivity contribution in [2.45, 2.75) is 32.0 Å². The summed E-state index contributed by atoms with van der Waals surface area (Å²) >= 11 is 1.57. The summed E-state index contributed by atoms with van der Waals surface area (Å²) in [5, 5.41) is 22.4. The summed E-state index contributed by atoms with van der Waals surface area (Å²) in [5.74, 6) is 0.222. The first-order valence-corrected chi connectivity index (χ1v) is 8.70. The van der Waals surface area contributed by atoms with Crippen LogP contribution < -0.4 is 0 Å². The third-order valence-electron chi connectivity index (χ3n) is 4.16. The second-order valence-electron chi connectivity index (χ2n) is 5.88. The van der Waals surface area contributed by atoms with Crippen LogP contribution in [0.3, 0.4) is 0 Å². The highest BCUT2D eigenvalue weighted by atomic mass is 32.1. The lowest BCUT2D eigenvalue weighted by Crippen LogP contribution is -2.45. The van der Waals surface area contributed by atoms with Crippen molar-refractivity contribution in [2.24, 2.45) is 0 Å². The molecule has 0 amide bonds. The zero-order valence-electron chi connectivity index (χ0n) is 13.2. The maximum absolute atomic E-state index is 10.4. The van der Waals surface area contributed by atoms with Crippen LogP contribution in [0, 0.1) is 6.92 Å². The van der Waals surface area contributed by atoms with Gasteiger partial charge in [0.25, 0.3) is 0 Å². The number of aromatic nitrogens is 1. The summed E-state index contributed by atoms with van der Waals surface area (Å²) in [6.07, 6.45) is 0.135. The van der Waals surface area contributed by atoms with E-state index in [0.29, 0.717) is 31.9 Å². The fraction of sp³-hybridized carbons (Fsp3) is 0.471. The standard InChI is InChI=1S/C17H22N2O3S/c1-12-4-5-15(20)14(18-12)10-19-6-7-22-11-13(19)9-16(21)17-3-2-8-23-17/h2-5,8,13,16,20-21H,6-7,9-11H2,1H3. The van der Waals surface area contributed by atoms with Crippen LogP contribution in [0.1, 0.15) is 28.8 Å². The molecule has 2 aromatic heterocycles. The molecule has 6 heteroatoms. The molecule has 1 aliphatic rings. The maximum Gasteiger partial charge on any atom is 0.138 e. The van der Waals surface area contributed by atoms with Gasteiger partial charge < -0.3 is 14.9 Å². The zero-order chi connectivity index (χ0) is 16.2. The highest BCUT2D eigenvalue weighted by Crippen LogP contribution is 2.27. The average molecular weight is 334 g/mol. The van der Waals surface area contributed by atoms with Crippen molar-refractivity contribution >= 4 is 11.3 Å². The van der Waals surface area contributed by atoms with Gasteiger partial charge in [0, 0.05) is 29.7 Å². The molecule has 3 heterocycles. The Labute approximate surface area is 140 Å². The van der Waals surface area contributed by atoms with E-state index < -0.39 is 6.10 Å². The minimum Gasteiger partial charge on any atom is -0.506 e. The highest BCUT2D eigenvalue weighted by molar-refractivity contribution is 7.10. The van der Waals surface area contributed by atoms with E-state index in [-0.39, 0.29) is 11.8 Å². The minimum absolute atomic E-state index is 0.113. The van der Waals surface area contributed by atoms with Crippen LogP contribution in [0.25, 0.3) is 0 Å². The van der Waals surface area contributed by atoms with Crippen LogP contribution in [0.15, 0.2) is 29.6 Å². The number of pyridine rings is 1. The second kappa shape index (κ2) is 7.40. The van der Waals surface area contributed by atoms with E-state index in [1.165, 1.54) is 0 Å². The summed E-state index contributed by atoms with van der Waals surface area (Å²) in [5.41, 5.74) is 1.57. The first-order chi connectivity index (χ1) is 11.1. The number of nitrogens with zero attached hydrogens (tertiary/aromatic N) is 2. The third kappa shape index (κ3) is 4.09. The fourth-order valence-corrected chi connectivity index (χ4v) is 3.61. The van der Waals surface area contributed by atoms with Crippen LogP contribution in [-0.2, 0) is 11.3 Å². The lowest BCUT2D eigenvalue weighted by molar-refractivity contribution is -0.0303. The fourth-order valence-electron chi connectivity index (χ4n) is 2.88. The maximum atomic E-state index is 10.4. The van der Waals surface area contributed by atoms with Gasteiger partial charge in [-0.3, -0.25) is 9.88 Å². The van der Waals surface area contributed by atoms with Gasteiger partial charge >= 0.3 is 0 Å². The summed E-state index contributed by atoms with van der Waals surface area (Å²) in [6.45, 7) is 4.52. The number of aryl methyl sites for hydroxylation is 1. The Balaban J connectivity index is 1.70. The topological polar surface area (TPSA) is 65.8 Å². The summed E-state index contributed by atoms with van der Waals surface area (Å²) < 4.78 is 5.59. The number of ether oxygens (including phenoxy) is 1. The van der Waals surface area contributed by atoms with Crippen LogP contribution in [-0.4, -0.2) is 45.9 Å². The Kier molecular flexibility index (Phi) is 5.27. The molecule has 5 nitrogen and oxygen atoms in total. The van der Waals surface area contributed by atoms with E-state index in [4.69, 9.17) is 4.74 Å². The number of thiophene rings is 1. The number of aliphatic hydroxyl groups excluding tert-OH is 1. The van der Waals surface area contributed by atoms with E-state index in [2.05, 4.69) is 9.88 Å². The third-order valence-corrected chi connectivity index (χ3v) is 5.13. The SMILES string of the molecule is Cc1ccc(O)c(CN2CCOCC2CC(O)c2cccs2)n1. The van der Waals surface area contributed by atoms with Crippen molar-refractivity contribution in [3.63, 3.8) is 0 Å². The summed E-state index contributed by atoms with van der Waals surface area (Å²) in [7, 11) is 0. The monoisotopic (exact) mass is 334 g/mol. The molecule has 1 saturated heterocycles. The molecule has 0 spiro atoms. The Bertz CT molecular complexity index is 633. The first-order valence-electron chi connectivity index (χ1n) is 7.82. The number of aromatic hydroxyl groups is 1. The Morgan fingerprint density at radius 2 is 2.30 bits per heavy atom. The molecule has 1 aliphatic heterocycles. The molecule has 2 aromatic rings. The Morgan fingerprint density at radius 3 is 3.09 bits per heavy atom. The molecule has 0 radical (unpaired) electrons. The van der Waals surface area contributed by atoms with Crippen molar-refractivity contribution in [2.75, 3.05) is 19.8 Å². The minimum atomic E-state index is -0.483. The average Bonchev–Trinajstić information content (AvgIpc) is 3.07. The predicted molar refractivity (Wildman–Crippen MR) is 89.6 cm³/mol. The van der Waals surface area contributed by atoms with E-state index >= 15 is 0 Å². The smallest absolute Gasteiger partial charge is 0.138 e. The van der Waals surface area contributed by atoms with Gasteiger partial charge in [0.15, 0.2) is 0 Å². The number of rotatable bonds is 5. The molecule has 1 fully saturated rings. The van der Waals surface area contributed by atoms with Gasteiger partial charge in [-0.05, 0) is 36.9 Å². The van der Waals surface area contributed by atoms with Crippen LogP contribution >= 0.6 is 11.3 Å². The number of hydrogen-bond acceptors (Lipinski definition) is 6. The second-order valence-corrected chi connectivity index (χ2v) is 6.86. The Hall–Kier alpha value is -1.47. The molecule has 3 rings (SSSR count). The molecule has 2 N–H and O–H groups in total. The number of morpholine rings is 1. The summed E-state index contributed by atoms with van der Waals surface area (Å²) in [4.78, 5) is 7.65. The van der Waals surface area contributed by atoms with Crippen LogP contribution in [0.2, 0.25) is 0 Å². The normalized spacial score (nSPS) is 20.5. The summed E-state index contributed by atoms with van der Waals surface area (Å²) in [6, 6.07) is 7.51. The molecular weight excluding hydrogens is 312 g/mol. The molecule has 0 saturated carbocycles. The number of aliphatic hydroxyl groups is 1. The molecule has 0 bridgehead atoms. The van der Waals surface area contributed by atoms with Crippen LogP contribution in [0.5, 0.6) is 5.75 Å². The highest BCUT2D eigenvalue weighted by Gasteiger charge is 2.27. The van der Waals surface area contributed by atoms with Gasteiger partial charge in [-0.25, -0.2) is 0 Å². The molecule has 0 aromatic carbocycles. The number of hydrogen-bond donors (Lipinski definition) is 2. The zero-order valence-corrected chi connectivity index (χ0v) is 14.0. The largest absolute Gasteiger partial charge is 0.506 e. The molecule has 23 heavy (non-hydrogen) atoms. The van der Waals surface area contributed by atoms with Crippen LogP contribution in [0.4, 0.5) is 0 Å². The van der Waals surface area contributed by atoms with Crippen molar-refractivity contribution in [1.29, 1.82) is 0 Å². The Morgan fingerprint density at radius 1 is 1.43 bits per heavy atom. The van der Waals surface area contributed by atoms with Crippen molar-refractivity contribution in [1.82, 2.24) is 9.88 Å². The van der Waals surface area contributed by atoms with E-state index in [9.17, 15) is 10.2 Å². The van der Waals surface area contributed by atoms with Gasteiger partial charge in [0.1, 0.15) is 5.75 Å². The van der Waals surface area contributed by atoms with Gasteiger partial charge in [-0.15, -0.1) is 11.3 Å². The first kappa shape index (κ1) is 16.4. The van der Waals surface area contributed by atoms with Crippen molar-refractivity contribution in [3.8, 4) is 5.75 Å². The van der Waals surface area contributed by atoms with Gasteiger partial charge in [-0.2, -0.15) is 0 Å². The van der Waals surface area contributed by atoms with Crippen molar-refractivity contribution in [3.05, 3.63) is 45.9 Å². The lowest BCUT2D eigenvalue weighted by Gasteiger charge is -2.36. The van der Waals surface area contributed by atoms with Gasteiger partial charge in [0.2, 0.25) is 0 Å². The molecule has 0 aliphatic carbocycles. The lowest BCUT2D eigenvalue weighted by atomic mass is 10.1. The predicted octanol–water partition coefficient (Wildman–Crippen LogP) is 2.48. The van der Waals surface area contributed by atoms with Crippen molar-refractivity contribution < 1.29 is 14.9 Å².